The number of halogens is 2. The third kappa shape index (κ3) is 3.14. The number of hydrogen-bond acceptors (Lipinski definition) is 4. The van der Waals surface area contributed by atoms with Gasteiger partial charge in [0.25, 0.3) is 5.91 Å². The summed E-state index contributed by atoms with van der Waals surface area (Å²) in [6.45, 7) is 0. The van der Waals surface area contributed by atoms with Gasteiger partial charge in [-0.15, -0.1) is 0 Å². The van der Waals surface area contributed by atoms with Crippen molar-refractivity contribution in [3.63, 3.8) is 0 Å². The summed E-state index contributed by atoms with van der Waals surface area (Å²) in [5.41, 5.74) is 1.16. The van der Waals surface area contributed by atoms with Crippen molar-refractivity contribution >= 4 is 55.6 Å². The van der Waals surface area contributed by atoms with E-state index in [4.69, 9.17) is 4.74 Å². The molecule has 0 spiro atoms. The Morgan fingerprint density at radius 1 is 1.16 bits per heavy atom. The molecule has 1 fully saturated rings. The van der Waals surface area contributed by atoms with E-state index in [1.807, 2.05) is 0 Å². The van der Waals surface area contributed by atoms with Crippen molar-refractivity contribution in [3.8, 4) is 11.5 Å². The van der Waals surface area contributed by atoms with Crippen LogP contribution in [0.1, 0.15) is 5.56 Å². The van der Waals surface area contributed by atoms with Gasteiger partial charge < -0.3 is 15.2 Å². The van der Waals surface area contributed by atoms with Crippen LogP contribution in [-0.2, 0) is 4.79 Å². The normalized spacial score (nSPS) is 15.6. The predicted octanol–water partition coefficient (Wildman–Crippen LogP) is 4.02. The summed E-state index contributed by atoms with van der Waals surface area (Å²) >= 11 is 6.61. The van der Waals surface area contributed by atoms with Crippen molar-refractivity contribution in [1.29, 1.82) is 0 Å². The van der Waals surface area contributed by atoms with Gasteiger partial charge in [0.2, 0.25) is 0 Å². The second-order valence-electron chi connectivity index (χ2n) is 5.11. The highest BCUT2D eigenvalue weighted by molar-refractivity contribution is 9.13. The lowest BCUT2D eigenvalue weighted by molar-refractivity contribution is -0.113. The van der Waals surface area contributed by atoms with Gasteiger partial charge in [-0.05, 0) is 61.7 Å². The Kier molecular flexibility index (Phi) is 4.82. The molecule has 3 amide bonds. The summed E-state index contributed by atoms with van der Waals surface area (Å²) in [6, 6.07) is 9.68. The lowest BCUT2D eigenvalue weighted by atomic mass is 10.1. The fourth-order valence-corrected chi connectivity index (χ4v) is 3.22. The van der Waals surface area contributed by atoms with Crippen molar-refractivity contribution < 1.29 is 19.4 Å². The zero-order valence-electron chi connectivity index (χ0n) is 12.9. The van der Waals surface area contributed by atoms with Crippen LogP contribution in [0.25, 0.3) is 6.08 Å². The molecular weight excluding hydrogens is 456 g/mol. The van der Waals surface area contributed by atoms with Gasteiger partial charge in [-0.25, -0.2) is 9.69 Å². The SMILES string of the molecule is COc1cc(/C=C2/NC(=O)N(c3ccccc3)C2=O)c(Br)c(Br)c1O. The maximum Gasteiger partial charge on any atom is 0.333 e. The van der Waals surface area contributed by atoms with Crippen LogP contribution >= 0.6 is 31.9 Å². The van der Waals surface area contributed by atoms with Gasteiger partial charge in [0.1, 0.15) is 5.70 Å². The van der Waals surface area contributed by atoms with E-state index in [0.717, 1.165) is 4.90 Å². The second-order valence-corrected chi connectivity index (χ2v) is 6.69. The van der Waals surface area contributed by atoms with E-state index in [1.54, 1.807) is 36.4 Å². The molecule has 1 aliphatic rings. The number of imide groups is 1. The molecule has 25 heavy (non-hydrogen) atoms. The summed E-state index contributed by atoms with van der Waals surface area (Å²) < 4.78 is 6.02. The van der Waals surface area contributed by atoms with Crippen molar-refractivity contribution in [3.05, 3.63) is 56.6 Å². The van der Waals surface area contributed by atoms with Crippen LogP contribution in [0.2, 0.25) is 0 Å². The molecule has 0 aliphatic carbocycles. The number of nitrogens with one attached hydrogen (secondary N) is 1. The molecule has 2 aromatic carbocycles. The average Bonchev–Trinajstić information content (AvgIpc) is 2.89. The highest BCUT2D eigenvalue weighted by Crippen LogP contribution is 2.42. The third-order valence-electron chi connectivity index (χ3n) is 3.59. The number of rotatable bonds is 3. The zero-order valence-corrected chi connectivity index (χ0v) is 16.1. The number of anilines is 1. The molecule has 2 aromatic rings. The van der Waals surface area contributed by atoms with Crippen LogP contribution < -0.4 is 15.0 Å². The number of phenols is 1. The van der Waals surface area contributed by atoms with E-state index >= 15 is 0 Å². The van der Waals surface area contributed by atoms with Gasteiger partial charge in [-0.3, -0.25) is 4.79 Å². The lowest BCUT2D eigenvalue weighted by Gasteiger charge is -2.11. The van der Waals surface area contributed by atoms with E-state index in [2.05, 4.69) is 37.2 Å². The maximum atomic E-state index is 12.6. The van der Waals surface area contributed by atoms with Gasteiger partial charge in [0.05, 0.1) is 17.3 Å². The number of para-hydroxylation sites is 1. The second kappa shape index (κ2) is 6.89. The Morgan fingerprint density at radius 2 is 1.84 bits per heavy atom. The number of hydrogen-bond donors (Lipinski definition) is 2. The molecule has 6 nitrogen and oxygen atoms in total. The molecule has 1 saturated heterocycles. The van der Waals surface area contributed by atoms with Crippen molar-refractivity contribution in [2.75, 3.05) is 12.0 Å². The monoisotopic (exact) mass is 466 g/mol. The predicted molar refractivity (Wildman–Crippen MR) is 100 cm³/mol. The number of carbonyl (C=O) groups excluding carboxylic acids is 2. The maximum absolute atomic E-state index is 12.6. The van der Waals surface area contributed by atoms with Crippen molar-refractivity contribution in [2.24, 2.45) is 0 Å². The fraction of sp³-hybridized carbons (Fsp3) is 0.0588. The highest BCUT2D eigenvalue weighted by Gasteiger charge is 2.35. The number of amides is 3. The quantitative estimate of drug-likeness (QED) is 0.527. The first-order chi connectivity index (χ1) is 11.9. The molecule has 1 heterocycles. The minimum Gasteiger partial charge on any atom is -0.503 e. The van der Waals surface area contributed by atoms with Crippen LogP contribution in [0.4, 0.5) is 10.5 Å². The molecule has 0 aromatic heterocycles. The van der Waals surface area contributed by atoms with Gasteiger partial charge in [0.15, 0.2) is 11.5 Å². The number of aromatic hydroxyl groups is 1. The van der Waals surface area contributed by atoms with Gasteiger partial charge >= 0.3 is 6.03 Å². The van der Waals surface area contributed by atoms with Crippen LogP contribution in [-0.4, -0.2) is 24.2 Å². The Balaban J connectivity index is 2.02. The molecular formula is C17H12Br2N2O4. The molecule has 0 unspecified atom stereocenters. The third-order valence-corrected chi connectivity index (χ3v) is 5.74. The van der Waals surface area contributed by atoms with E-state index in [0.29, 0.717) is 20.2 Å². The first kappa shape index (κ1) is 17.5. The van der Waals surface area contributed by atoms with Gasteiger partial charge in [-0.1, -0.05) is 18.2 Å². The number of methoxy groups -OCH3 is 1. The molecule has 0 bridgehead atoms. The molecule has 1 aliphatic heterocycles. The van der Waals surface area contributed by atoms with Crippen LogP contribution in [0, 0.1) is 0 Å². The summed E-state index contributed by atoms with van der Waals surface area (Å²) in [5, 5.41) is 12.5. The van der Waals surface area contributed by atoms with E-state index in [1.165, 1.54) is 13.2 Å². The van der Waals surface area contributed by atoms with Crippen molar-refractivity contribution in [1.82, 2.24) is 5.32 Å². The first-order valence-electron chi connectivity index (χ1n) is 7.11. The van der Waals surface area contributed by atoms with Crippen LogP contribution in [0.3, 0.4) is 0 Å². The Morgan fingerprint density at radius 3 is 2.48 bits per heavy atom. The fourth-order valence-electron chi connectivity index (χ4n) is 2.37. The van der Waals surface area contributed by atoms with Gasteiger partial charge in [-0.2, -0.15) is 0 Å². The molecule has 8 heteroatoms. The average molecular weight is 468 g/mol. The first-order valence-corrected chi connectivity index (χ1v) is 8.69. The van der Waals surface area contributed by atoms with Gasteiger partial charge in [0, 0.05) is 4.47 Å². The summed E-state index contributed by atoms with van der Waals surface area (Å²) in [7, 11) is 1.42. The minimum absolute atomic E-state index is 0.0655. The zero-order chi connectivity index (χ0) is 18.1. The van der Waals surface area contributed by atoms with Crippen LogP contribution in [0.15, 0.2) is 51.0 Å². The standard InChI is InChI=1S/C17H12Br2N2O4/c1-25-12-8-9(13(18)14(19)15(12)22)7-11-16(23)21(17(24)20-11)10-5-3-2-4-6-10/h2-8,22H,1H3,(H,20,24)/b11-7+. The molecule has 128 valence electrons. The van der Waals surface area contributed by atoms with E-state index < -0.39 is 11.9 Å². The van der Waals surface area contributed by atoms with Crippen LogP contribution in [0.5, 0.6) is 11.5 Å². The molecule has 0 radical (unpaired) electrons. The number of benzene rings is 2. The Labute approximate surface area is 160 Å². The number of urea groups is 1. The molecule has 0 atom stereocenters. The number of ether oxygens (including phenoxy) is 1. The number of carbonyl (C=O) groups is 2. The molecule has 3 rings (SSSR count). The summed E-state index contributed by atoms with van der Waals surface area (Å²) in [6.07, 6.45) is 1.51. The summed E-state index contributed by atoms with van der Waals surface area (Å²) in [5.74, 6) is -0.297. The minimum atomic E-state index is -0.525. The Hall–Kier alpha value is -2.32. The molecule has 0 saturated carbocycles. The van der Waals surface area contributed by atoms with Crippen molar-refractivity contribution in [2.45, 2.75) is 0 Å². The number of phenolic OH excluding ortho intramolecular Hbond substituents is 1. The summed E-state index contributed by atoms with van der Waals surface area (Å²) in [4.78, 5) is 25.8. The molecule has 2 N–H and O–H groups in total. The topological polar surface area (TPSA) is 78.9 Å². The highest BCUT2D eigenvalue weighted by atomic mass is 79.9. The lowest BCUT2D eigenvalue weighted by Crippen LogP contribution is -2.30. The largest absolute Gasteiger partial charge is 0.503 e. The number of nitrogens with zero attached hydrogens (tertiary/aromatic N) is 1. The Bertz CT molecular complexity index is 897. The smallest absolute Gasteiger partial charge is 0.333 e. The van der Waals surface area contributed by atoms with E-state index in [-0.39, 0.29) is 17.2 Å². The van der Waals surface area contributed by atoms with E-state index in [9.17, 15) is 14.7 Å².